The molecule has 1 aromatic carbocycles. The van der Waals surface area contributed by atoms with Crippen LogP contribution in [0.15, 0.2) is 29.1 Å². The van der Waals surface area contributed by atoms with Gasteiger partial charge in [-0.15, -0.1) is 0 Å². The number of pyridine rings is 1. The molecular formula is C22H24ClN5O3. The molecule has 0 spiro atoms. The van der Waals surface area contributed by atoms with Crippen molar-refractivity contribution in [3.63, 3.8) is 0 Å². The Balaban J connectivity index is 1.44. The molecule has 0 radical (unpaired) electrons. The summed E-state index contributed by atoms with van der Waals surface area (Å²) in [5.41, 5.74) is 2.97. The molecule has 2 aliphatic rings. The number of anilines is 1. The highest BCUT2D eigenvalue weighted by Gasteiger charge is 2.28. The van der Waals surface area contributed by atoms with Crippen LogP contribution in [-0.2, 0) is 18.3 Å². The Morgan fingerprint density at radius 1 is 1.29 bits per heavy atom. The second kappa shape index (κ2) is 8.11. The number of hydrogen-bond donors (Lipinski definition) is 2. The van der Waals surface area contributed by atoms with Gasteiger partial charge in [-0.3, -0.25) is 24.3 Å². The van der Waals surface area contributed by atoms with E-state index >= 15 is 0 Å². The normalized spacial score (nSPS) is 17.2. The SMILES string of the molecule is Cn1[nH]c(=O)c2c(C(=O)Nc3ccc(Cl)c(CN4CCOCC4)c3)cc(C3CC3)nc21. The maximum atomic E-state index is 13.2. The predicted molar refractivity (Wildman–Crippen MR) is 119 cm³/mol. The summed E-state index contributed by atoms with van der Waals surface area (Å²) in [5.74, 6) is 0.0299. The average molecular weight is 442 g/mol. The zero-order chi connectivity index (χ0) is 21.5. The van der Waals surface area contributed by atoms with E-state index in [4.69, 9.17) is 16.3 Å². The molecule has 5 rings (SSSR count). The fourth-order valence-corrected chi connectivity index (χ4v) is 4.20. The van der Waals surface area contributed by atoms with Gasteiger partial charge in [-0.1, -0.05) is 11.6 Å². The summed E-state index contributed by atoms with van der Waals surface area (Å²) in [7, 11) is 1.73. The molecule has 3 heterocycles. The van der Waals surface area contributed by atoms with Gasteiger partial charge >= 0.3 is 0 Å². The molecule has 9 heteroatoms. The zero-order valence-corrected chi connectivity index (χ0v) is 18.0. The van der Waals surface area contributed by atoms with Crippen molar-refractivity contribution >= 4 is 34.2 Å². The van der Waals surface area contributed by atoms with E-state index in [1.807, 2.05) is 6.07 Å². The molecule has 1 aliphatic carbocycles. The van der Waals surface area contributed by atoms with Crippen molar-refractivity contribution in [2.45, 2.75) is 25.3 Å². The number of carbonyl (C=O) groups excluding carboxylic acids is 1. The molecule has 3 aromatic rings. The highest BCUT2D eigenvalue weighted by molar-refractivity contribution is 6.31. The van der Waals surface area contributed by atoms with E-state index in [1.165, 1.54) is 0 Å². The van der Waals surface area contributed by atoms with Gasteiger partial charge in [0.25, 0.3) is 11.5 Å². The van der Waals surface area contributed by atoms with Gasteiger partial charge in [0.2, 0.25) is 0 Å². The van der Waals surface area contributed by atoms with Crippen molar-refractivity contribution in [1.82, 2.24) is 19.7 Å². The lowest BCUT2D eigenvalue weighted by atomic mass is 10.1. The quantitative estimate of drug-likeness (QED) is 0.635. The van der Waals surface area contributed by atoms with Crippen LogP contribution in [0.25, 0.3) is 11.0 Å². The zero-order valence-electron chi connectivity index (χ0n) is 17.3. The van der Waals surface area contributed by atoms with Gasteiger partial charge in [-0.25, -0.2) is 4.98 Å². The molecular weight excluding hydrogens is 418 g/mol. The number of halogens is 1. The molecule has 0 atom stereocenters. The summed E-state index contributed by atoms with van der Waals surface area (Å²) >= 11 is 6.41. The number of aromatic nitrogens is 3. The first-order valence-electron chi connectivity index (χ1n) is 10.5. The molecule has 1 saturated carbocycles. The first-order chi connectivity index (χ1) is 15.0. The van der Waals surface area contributed by atoms with Crippen molar-refractivity contribution in [3.8, 4) is 0 Å². The van der Waals surface area contributed by atoms with Gasteiger partial charge in [-0.2, -0.15) is 0 Å². The molecule has 0 unspecified atom stereocenters. The lowest BCUT2D eigenvalue weighted by Crippen LogP contribution is -2.35. The number of nitrogens with one attached hydrogen (secondary N) is 2. The van der Waals surface area contributed by atoms with E-state index < -0.39 is 0 Å². The fourth-order valence-electron chi connectivity index (χ4n) is 4.02. The topological polar surface area (TPSA) is 92.2 Å². The number of H-pyrrole nitrogens is 1. The van der Waals surface area contributed by atoms with Gasteiger partial charge in [0, 0.05) is 49.0 Å². The largest absolute Gasteiger partial charge is 0.379 e. The molecule has 1 amide bonds. The monoisotopic (exact) mass is 441 g/mol. The number of amides is 1. The Labute approximate surface area is 184 Å². The Bertz CT molecular complexity index is 1210. The van der Waals surface area contributed by atoms with Crippen LogP contribution in [0.2, 0.25) is 5.02 Å². The highest BCUT2D eigenvalue weighted by atomic mass is 35.5. The number of ether oxygens (including phenoxy) is 1. The lowest BCUT2D eigenvalue weighted by molar-refractivity contribution is 0.0342. The molecule has 162 valence electrons. The van der Waals surface area contributed by atoms with Crippen molar-refractivity contribution in [1.29, 1.82) is 0 Å². The van der Waals surface area contributed by atoms with E-state index in [0.717, 1.165) is 37.2 Å². The number of nitrogens with zero attached hydrogens (tertiary/aromatic N) is 3. The third kappa shape index (κ3) is 4.11. The summed E-state index contributed by atoms with van der Waals surface area (Å²) in [5, 5.41) is 6.63. The van der Waals surface area contributed by atoms with Gasteiger partial charge < -0.3 is 10.1 Å². The number of fused-ring (bicyclic) bond motifs is 1. The van der Waals surface area contributed by atoms with Crippen LogP contribution in [0.5, 0.6) is 0 Å². The minimum absolute atomic E-state index is 0.312. The first-order valence-corrected chi connectivity index (χ1v) is 10.9. The van der Waals surface area contributed by atoms with Crippen LogP contribution in [0, 0.1) is 0 Å². The number of aryl methyl sites for hydroxylation is 1. The molecule has 2 aromatic heterocycles. The average Bonchev–Trinajstić information content (AvgIpc) is 3.57. The molecule has 2 fully saturated rings. The van der Waals surface area contributed by atoms with Crippen LogP contribution in [0.1, 0.15) is 40.4 Å². The molecule has 1 saturated heterocycles. The van der Waals surface area contributed by atoms with E-state index in [9.17, 15) is 9.59 Å². The van der Waals surface area contributed by atoms with Crippen molar-refractivity contribution in [2.75, 3.05) is 31.6 Å². The maximum absolute atomic E-state index is 13.2. The molecule has 0 bridgehead atoms. The fraction of sp³-hybridized carbons (Fsp3) is 0.409. The van der Waals surface area contributed by atoms with E-state index in [2.05, 4.69) is 20.3 Å². The highest BCUT2D eigenvalue weighted by Crippen LogP contribution is 2.40. The van der Waals surface area contributed by atoms with Gasteiger partial charge in [0.1, 0.15) is 0 Å². The minimum Gasteiger partial charge on any atom is -0.379 e. The van der Waals surface area contributed by atoms with Crippen LogP contribution < -0.4 is 10.9 Å². The maximum Gasteiger partial charge on any atom is 0.274 e. The van der Waals surface area contributed by atoms with E-state index in [1.54, 1.807) is 29.9 Å². The molecule has 8 nitrogen and oxygen atoms in total. The third-order valence-electron chi connectivity index (χ3n) is 5.88. The molecule has 1 aliphatic heterocycles. The number of carbonyl (C=O) groups is 1. The summed E-state index contributed by atoms with van der Waals surface area (Å²) in [6, 6.07) is 7.22. The van der Waals surface area contributed by atoms with E-state index in [0.29, 0.717) is 53.0 Å². The Kier molecular flexibility index (Phi) is 5.29. The summed E-state index contributed by atoms with van der Waals surface area (Å²) in [4.78, 5) is 32.6. The molecule has 31 heavy (non-hydrogen) atoms. The number of hydrogen-bond acceptors (Lipinski definition) is 5. The van der Waals surface area contributed by atoms with Gasteiger partial charge in [0.05, 0.1) is 24.2 Å². The van der Waals surface area contributed by atoms with Gasteiger partial charge in [0.15, 0.2) is 5.65 Å². The number of aromatic amines is 1. The minimum atomic E-state index is -0.328. The second-order valence-corrected chi connectivity index (χ2v) is 8.62. The van der Waals surface area contributed by atoms with Crippen molar-refractivity contribution in [2.24, 2.45) is 7.05 Å². The molecule has 2 N–H and O–H groups in total. The Morgan fingerprint density at radius 2 is 2.06 bits per heavy atom. The van der Waals surface area contributed by atoms with Crippen LogP contribution in [-0.4, -0.2) is 51.9 Å². The van der Waals surface area contributed by atoms with Crippen LogP contribution in [0.3, 0.4) is 0 Å². The summed E-state index contributed by atoms with van der Waals surface area (Å²) in [6.07, 6.45) is 2.11. The predicted octanol–water partition coefficient (Wildman–Crippen LogP) is 2.88. The Hall–Kier alpha value is -2.68. The standard InChI is InChI=1S/C22H24ClN5O3/c1-27-20-19(22(30)26-27)16(11-18(25-20)13-2-3-13)21(29)24-15-4-5-17(23)14(10-15)12-28-6-8-31-9-7-28/h4-5,10-11,13H,2-3,6-9,12H2,1H3,(H,24,29)(H,26,30). The second-order valence-electron chi connectivity index (χ2n) is 8.22. The van der Waals surface area contributed by atoms with Crippen molar-refractivity contribution in [3.05, 3.63) is 56.5 Å². The number of rotatable bonds is 5. The Morgan fingerprint density at radius 3 is 2.81 bits per heavy atom. The van der Waals surface area contributed by atoms with Crippen LogP contribution in [0.4, 0.5) is 5.69 Å². The third-order valence-corrected chi connectivity index (χ3v) is 6.24. The summed E-state index contributed by atoms with van der Waals surface area (Å²) in [6.45, 7) is 3.81. The number of morpholine rings is 1. The first kappa shape index (κ1) is 20.2. The van der Waals surface area contributed by atoms with Crippen LogP contribution >= 0.6 is 11.6 Å². The smallest absolute Gasteiger partial charge is 0.274 e. The number of benzene rings is 1. The van der Waals surface area contributed by atoms with Crippen molar-refractivity contribution < 1.29 is 9.53 Å². The lowest BCUT2D eigenvalue weighted by Gasteiger charge is -2.27. The van der Waals surface area contributed by atoms with Gasteiger partial charge in [-0.05, 0) is 42.7 Å². The van der Waals surface area contributed by atoms with E-state index in [-0.39, 0.29) is 11.5 Å². The summed E-state index contributed by atoms with van der Waals surface area (Å²) < 4.78 is 6.98.